The highest BCUT2D eigenvalue weighted by Gasteiger charge is 2.21. The van der Waals surface area contributed by atoms with E-state index in [0.717, 1.165) is 44.1 Å². The quantitative estimate of drug-likeness (QED) is 0.851. The summed E-state index contributed by atoms with van der Waals surface area (Å²) in [6.07, 6.45) is 2.58. The van der Waals surface area contributed by atoms with Gasteiger partial charge < -0.3 is 10.2 Å². The molecule has 1 N–H and O–H groups in total. The van der Waals surface area contributed by atoms with Crippen molar-refractivity contribution in [1.29, 1.82) is 0 Å². The van der Waals surface area contributed by atoms with Gasteiger partial charge in [-0.1, -0.05) is 6.92 Å². The standard InChI is InChI=1S/C13H23N5/c1-4-11-7-13(16-10-15-11)14-8-12-9-17(2)5-6-18(12)3/h7,10,12H,4-6,8-9H2,1-3H3,(H,14,15,16). The Balaban J connectivity index is 1.89. The van der Waals surface area contributed by atoms with Crippen molar-refractivity contribution in [2.24, 2.45) is 0 Å². The van der Waals surface area contributed by atoms with E-state index >= 15 is 0 Å². The van der Waals surface area contributed by atoms with Crippen molar-refractivity contribution in [3.63, 3.8) is 0 Å². The number of piperazine rings is 1. The van der Waals surface area contributed by atoms with Crippen molar-refractivity contribution in [1.82, 2.24) is 19.8 Å². The average molecular weight is 249 g/mol. The molecule has 0 radical (unpaired) electrons. The van der Waals surface area contributed by atoms with Crippen LogP contribution in [-0.4, -0.2) is 66.1 Å². The van der Waals surface area contributed by atoms with E-state index in [-0.39, 0.29) is 0 Å². The SMILES string of the molecule is CCc1cc(NCC2CN(C)CCN2C)ncn1. The number of nitrogens with one attached hydrogen (secondary N) is 1. The molecule has 1 aromatic heterocycles. The van der Waals surface area contributed by atoms with E-state index in [0.29, 0.717) is 6.04 Å². The summed E-state index contributed by atoms with van der Waals surface area (Å²) >= 11 is 0. The van der Waals surface area contributed by atoms with Crippen molar-refractivity contribution in [2.45, 2.75) is 19.4 Å². The molecule has 0 amide bonds. The Morgan fingerprint density at radius 1 is 1.33 bits per heavy atom. The van der Waals surface area contributed by atoms with Gasteiger partial charge in [0, 0.05) is 44.0 Å². The molecule has 0 bridgehead atoms. The highest BCUT2D eigenvalue weighted by atomic mass is 15.3. The second-order valence-corrected chi connectivity index (χ2v) is 5.03. The molecule has 1 aliphatic heterocycles. The van der Waals surface area contributed by atoms with Gasteiger partial charge in [-0.15, -0.1) is 0 Å². The zero-order valence-corrected chi connectivity index (χ0v) is 11.6. The fourth-order valence-corrected chi connectivity index (χ4v) is 2.23. The summed E-state index contributed by atoms with van der Waals surface area (Å²) in [5, 5.41) is 3.42. The first kappa shape index (κ1) is 13.2. The molecule has 18 heavy (non-hydrogen) atoms. The first-order chi connectivity index (χ1) is 8.69. The molecule has 1 unspecified atom stereocenters. The highest BCUT2D eigenvalue weighted by Crippen LogP contribution is 2.09. The largest absolute Gasteiger partial charge is 0.368 e. The third kappa shape index (κ3) is 3.40. The third-order valence-electron chi connectivity index (χ3n) is 3.58. The Hall–Kier alpha value is -1.20. The second kappa shape index (κ2) is 6.11. The molecule has 0 aliphatic carbocycles. The normalized spacial score (nSPS) is 22.1. The van der Waals surface area contributed by atoms with Gasteiger partial charge in [0.05, 0.1) is 0 Å². The number of hydrogen-bond acceptors (Lipinski definition) is 5. The predicted molar refractivity (Wildman–Crippen MR) is 73.8 cm³/mol. The van der Waals surface area contributed by atoms with Crippen molar-refractivity contribution in [3.8, 4) is 0 Å². The summed E-state index contributed by atoms with van der Waals surface area (Å²) in [4.78, 5) is 13.3. The summed E-state index contributed by atoms with van der Waals surface area (Å²) in [6.45, 7) is 6.43. The van der Waals surface area contributed by atoms with Gasteiger partial charge in [-0.2, -0.15) is 0 Å². The first-order valence-electron chi connectivity index (χ1n) is 6.62. The Labute approximate surface area is 109 Å². The van der Waals surface area contributed by atoms with Gasteiger partial charge in [-0.25, -0.2) is 9.97 Å². The van der Waals surface area contributed by atoms with E-state index in [4.69, 9.17) is 0 Å². The van der Waals surface area contributed by atoms with E-state index in [1.807, 2.05) is 6.07 Å². The molecule has 1 aliphatic rings. The van der Waals surface area contributed by atoms with E-state index in [1.54, 1.807) is 6.33 Å². The molecule has 5 nitrogen and oxygen atoms in total. The van der Waals surface area contributed by atoms with Crippen LogP contribution in [-0.2, 0) is 6.42 Å². The minimum atomic E-state index is 0.545. The number of aryl methyl sites for hydroxylation is 1. The summed E-state index contributed by atoms with van der Waals surface area (Å²) < 4.78 is 0. The van der Waals surface area contributed by atoms with Crippen LogP contribution in [0.5, 0.6) is 0 Å². The number of anilines is 1. The topological polar surface area (TPSA) is 44.3 Å². The average Bonchev–Trinajstić information content (AvgIpc) is 2.40. The third-order valence-corrected chi connectivity index (χ3v) is 3.58. The highest BCUT2D eigenvalue weighted by molar-refractivity contribution is 5.35. The van der Waals surface area contributed by atoms with Crippen LogP contribution in [0.2, 0.25) is 0 Å². The summed E-state index contributed by atoms with van der Waals surface area (Å²) in [7, 11) is 4.37. The first-order valence-corrected chi connectivity index (χ1v) is 6.62. The van der Waals surface area contributed by atoms with Gasteiger partial charge in [-0.3, -0.25) is 4.90 Å². The van der Waals surface area contributed by atoms with Crippen LogP contribution in [0.4, 0.5) is 5.82 Å². The summed E-state index contributed by atoms with van der Waals surface area (Å²) in [6, 6.07) is 2.58. The molecule has 1 atom stereocenters. The van der Waals surface area contributed by atoms with E-state index in [1.165, 1.54) is 0 Å². The lowest BCUT2D eigenvalue weighted by Gasteiger charge is -2.37. The van der Waals surface area contributed by atoms with Crippen LogP contribution < -0.4 is 5.32 Å². The Morgan fingerprint density at radius 2 is 2.17 bits per heavy atom. The lowest BCUT2D eigenvalue weighted by molar-refractivity contribution is 0.122. The minimum Gasteiger partial charge on any atom is -0.368 e. The molecule has 1 aromatic rings. The van der Waals surface area contributed by atoms with Gasteiger partial charge in [0.2, 0.25) is 0 Å². The van der Waals surface area contributed by atoms with Crippen LogP contribution in [0, 0.1) is 0 Å². The lowest BCUT2D eigenvalue weighted by Crippen LogP contribution is -2.52. The molecule has 5 heteroatoms. The van der Waals surface area contributed by atoms with Crippen LogP contribution in [0.1, 0.15) is 12.6 Å². The molecule has 2 rings (SSSR count). The van der Waals surface area contributed by atoms with Gasteiger partial charge in [0.1, 0.15) is 12.1 Å². The van der Waals surface area contributed by atoms with Gasteiger partial charge >= 0.3 is 0 Å². The molecule has 2 heterocycles. The molecule has 1 fully saturated rings. The molecule has 1 saturated heterocycles. The number of likely N-dealkylation sites (N-methyl/N-ethyl adjacent to an activating group) is 2. The van der Waals surface area contributed by atoms with Crippen molar-refractivity contribution < 1.29 is 0 Å². The van der Waals surface area contributed by atoms with Crippen LogP contribution in [0.3, 0.4) is 0 Å². The maximum Gasteiger partial charge on any atom is 0.129 e. The van der Waals surface area contributed by atoms with E-state index < -0.39 is 0 Å². The minimum absolute atomic E-state index is 0.545. The van der Waals surface area contributed by atoms with Crippen LogP contribution >= 0.6 is 0 Å². The molecular formula is C13H23N5. The summed E-state index contributed by atoms with van der Waals surface area (Å²) in [5.41, 5.74) is 1.08. The van der Waals surface area contributed by atoms with Gasteiger partial charge in [0.25, 0.3) is 0 Å². The molecule has 0 saturated carbocycles. The fraction of sp³-hybridized carbons (Fsp3) is 0.692. The number of nitrogens with zero attached hydrogens (tertiary/aromatic N) is 4. The van der Waals surface area contributed by atoms with Crippen molar-refractivity contribution >= 4 is 5.82 Å². The second-order valence-electron chi connectivity index (χ2n) is 5.03. The van der Waals surface area contributed by atoms with E-state index in [2.05, 4.69) is 46.1 Å². The van der Waals surface area contributed by atoms with Crippen LogP contribution in [0.25, 0.3) is 0 Å². The summed E-state index contributed by atoms with van der Waals surface area (Å²) in [5.74, 6) is 0.934. The number of aromatic nitrogens is 2. The monoisotopic (exact) mass is 249 g/mol. The molecular weight excluding hydrogens is 226 g/mol. The number of rotatable bonds is 4. The maximum absolute atomic E-state index is 4.26. The Kier molecular flexibility index (Phi) is 4.49. The zero-order valence-electron chi connectivity index (χ0n) is 11.6. The fourth-order valence-electron chi connectivity index (χ4n) is 2.23. The Morgan fingerprint density at radius 3 is 2.94 bits per heavy atom. The van der Waals surface area contributed by atoms with Crippen molar-refractivity contribution in [3.05, 3.63) is 18.1 Å². The van der Waals surface area contributed by atoms with Crippen molar-refractivity contribution in [2.75, 3.05) is 45.6 Å². The smallest absolute Gasteiger partial charge is 0.129 e. The van der Waals surface area contributed by atoms with E-state index in [9.17, 15) is 0 Å². The lowest BCUT2D eigenvalue weighted by atomic mass is 10.2. The molecule has 0 aromatic carbocycles. The zero-order chi connectivity index (χ0) is 13.0. The van der Waals surface area contributed by atoms with Gasteiger partial charge in [-0.05, 0) is 20.5 Å². The molecule has 0 spiro atoms. The van der Waals surface area contributed by atoms with Crippen LogP contribution in [0.15, 0.2) is 12.4 Å². The number of hydrogen-bond donors (Lipinski definition) is 1. The van der Waals surface area contributed by atoms with Gasteiger partial charge in [0.15, 0.2) is 0 Å². The maximum atomic E-state index is 4.26. The predicted octanol–water partition coefficient (Wildman–Crippen LogP) is 0.697. The molecule has 100 valence electrons. The Bertz CT molecular complexity index is 381.